The maximum absolute atomic E-state index is 13.4. The lowest BCUT2D eigenvalue weighted by atomic mass is 10.0. The number of rotatable bonds is 9. The molecule has 40 heavy (non-hydrogen) atoms. The second-order valence-electron chi connectivity index (χ2n) is 9.43. The fraction of sp³-hybridized carbons (Fsp3) is 0.207. The summed E-state index contributed by atoms with van der Waals surface area (Å²) in [6.45, 7) is 0. The summed E-state index contributed by atoms with van der Waals surface area (Å²) < 4.78 is 40.8. The van der Waals surface area contributed by atoms with Crippen LogP contribution in [0.1, 0.15) is 34.3 Å². The minimum atomic E-state index is -4.51. The van der Waals surface area contributed by atoms with Gasteiger partial charge >= 0.3 is 6.18 Å². The molecule has 2 amide bonds. The molecule has 2 aromatic heterocycles. The van der Waals surface area contributed by atoms with E-state index in [-0.39, 0.29) is 35.1 Å². The molecule has 0 saturated heterocycles. The van der Waals surface area contributed by atoms with Gasteiger partial charge in [-0.3, -0.25) is 14.4 Å². The van der Waals surface area contributed by atoms with E-state index < -0.39 is 35.4 Å². The lowest BCUT2D eigenvalue weighted by Gasteiger charge is -2.18. The lowest BCUT2D eigenvalue weighted by Crippen LogP contribution is -2.49. The maximum Gasteiger partial charge on any atom is 0.416 e. The number of benzene rings is 2. The Balaban J connectivity index is 1.40. The molecule has 0 bridgehead atoms. The van der Waals surface area contributed by atoms with E-state index in [1.165, 1.54) is 47.4 Å². The molecular weight excluding hydrogens is 523 g/mol. The Morgan fingerprint density at radius 3 is 2.48 bits per heavy atom. The van der Waals surface area contributed by atoms with E-state index in [2.05, 4.69) is 20.7 Å². The molecule has 1 unspecified atom stereocenters. The normalized spacial score (nSPS) is 13.9. The van der Waals surface area contributed by atoms with Gasteiger partial charge in [-0.2, -0.15) is 18.3 Å². The van der Waals surface area contributed by atoms with Crippen molar-refractivity contribution in [2.75, 3.05) is 0 Å². The highest BCUT2D eigenvalue weighted by atomic mass is 19.4. The summed E-state index contributed by atoms with van der Waals surface area (Å²) >= 11 is 0. The largest absolute Gasteiger partial charge is 0.416 e. The minimum absolute atomic E-state index is 0.0275. The van der Waals surface area contributed by atoms with E-state index in [9.17, 15) is 27.6 Å². The zero-order valence-electron chi connectivity index (χ0n) is 21.1. The van der Waals surface area contributed by atoms with E-state index in [4.69, 9.17) is 0 Å². The Morgan fingerprint density at radius 1 is 0.975 bits per heavy atom. The zero-order chi connectivity index (χ0) is 28.3. The molecule has 1 atom stereocenters. The molecule has 11 heteroatoms. The first-order chi connectivity index (χ1) is 19.2. The number of nitrogens with one attached hydrogen (secondary N) is 2. The van der Waals surface area contributed by atoms with Gasteiger partial charge in [-0.15, -0.1) is 0 Å². The van der Waals surface area contributed by atoms with Crippen molar-refractivity contribution in [2.24, 2.45) is 0 Å². The number of nitrogens with zero attached hydrogens (tertiary/aromatic N) is 3. The maximum atomic E-state index is 13.4. The van der Waals surface area contributed by atoms with Crippen LogP contribution in [0.3, 0.4) is 0 Å². The standard InChI is InChI=1S/C29H24F3N5O3/c30-29(31,32)20-9-4-8-19(17-20)23-13-15-37(36-23)26-22(10-5-14-33-26)27(39)35-24(16-18-6-2-1-3-7-18)25(38)28(40)34-21-11-12-21/h1-10,13-15,17,21,24H,11-12,16H2,(H,34,40)(H,35,39). The van der Waals surface area contributed by atoms with E-state index in [0.29, 0.717) is 0 Å². The third-order valence-electron chi connectivity index (χ3n) is 6.36. The topological polar surface area (TPSA) is 106 Å². The number of Topliss-reactive ketones (excluding diaryl/α,β-unsaturated/α-hetero) is 1. The summed E-state index contributed by atoms with van der Waals surface area (Å²) in [5, 5.41) is 9.68. The van der Waals surface area contributed by atoms with Gasteiger partial charge in [0.25, 0.3) is 11.8 Å². The average molecular weight is 548 g/mol. The fourth-order valence-electron chi connectivity index (χ4n) is 4.14. The van der Waals surface area contributed by atoms with Crippen LogP contribution in [-0.4, -0.2) is 44.4 Å². The van der Waals surface area contributed by atoms with E-state index in [1.54, 1.807) is 24.3 Å². The predicted molar refractivity (Wildman–Crippen MR) is 139 cm³/mol. The second-order valence-corrected chi connectivity index (χ2v) is 9.43. The summed E-state index contributed by atoms with van der Waals surface area (Å²) in [6.07, 6.45) is 0.118. The number of amides is 2. The highest BCUT2D eigenvalue weighted by Crippen LogP contribution is 2.32. The quantitative estimate of drug-likeness (QED) is 0.307. The number of halogens is 3. The molecule has 4 aromatic rings. The summed E-state index contributed by atoms with van der Waals surface area (Å²) in [5.41, 5.74) is 0.499. The van der Waals surface area contributed by atoms with Crippen molar-refractivity contribution >= 4 is 17.6 Å². The van der Waals surface area contributed by atoms with Crippen molar-refractivity contribution < 1.29 is 27.6 Å². The second kappa shape index (κ2) is 11.1. The average Bonchev–Trinajstić information content (AvgIpc) is 3.63. The third kappa shape index (κ3) is 6.25. The number of pyridine rings is 1. The van der Waals surface area contributed by atoms with Crippen LogP contribution < -0.4 is 10.6 Å². The van der Waals surface area contributed by atoms with Gasteiger partial charge in [0.15, 0.2) is 5.82 Å². The summed E-state index contributed by atoms with van der Waals surface area (Å²) in [6, 6.07) is 17.1. The molecule has 2 aromatic carbocycles. The number of hydrogen-bond donors (Lipinski definition) is 2. The highest BCUT2D eigenvalue weighted by Gasteiger charge is 2.33. The van der Waals surface area contributed by atoms with Gasteiger partial charge in [0.05, 0.1) is 16.8 Å². The first-order valence-corrected chi connectivity index (χ1v) is 12.6. The van der Waals surface area contributed by atoms with Crippen LogP contribution in [0.4, 0.5) is 13.2 Å². The van der Waals surface area contributed by atoms with Crippen molar-refractivity contribution in [3.8, 4) is 17.1 Å². The predicted octanol–water partition coefficient (Wildman–Crippen LogP) is 4.14. The van der Waals surface area contributed by atoms with Crippen molar-refractivity contribution in [3.63, 3.8) is 0 Å². The Hall–Kier alpha value is -4.80. The van der Waals surface area contributed by atoms with Gasteiger partial charge in [0.1, 0.15) is 6.04 Å². The van der Waals surface area contributed by atoms with Gasteiger partial charge in [-0.25, -0.2) is 9.67 Å². The van der Waals surface area contributed by atoms with Crippen molar-refractivity contribution in [3.05, 3.63) is 102 Å². The Kier molecular flexibility index (Phi) is 7.45. The number of alkyl halides is 3. The first-order valence-electron chi connectivity index (χ1n) is 12.6. The smallest absolute Gasteiger partial charge is 0.347 e. The summed E-state index contributed by atoms with van der Waals surface area (Å²) in [4.78, 5) is 43.3. The molecule has 5 rings (SSSR count). The number of hydrogen-bond acceptors (Lipinski definition) is 5. The highest BCUT2D eigenvalue weighted by molar-refractivity contribution is 6.38. The van der Waals surface area contributed by atoms with Crippen molar-refractivity contribution in [1.82, 2.24) is 25.4 Å². The third-order valence-corrected chi connectivity index (χ3v) is 6.36. The van der Waals surface area contributed by atoms with Gasteiger partial charge in [0.2, 0.25) is 5.78 Å². The molecule has 8 nitrogen and oxygen atoms in total. The molecule has 1 fully saturated rings. The van der Waals surface area contributed by atoms with E-state index >= 15 is 0 Å². The van der Waals surface area contributed by atoms with Crippen LogP contribution in [-0.2, 0) is 22.2 Å². The molecule has 2 heterocycles. The SMILES string of the molecule is O=C(NC1CC1)C(=O)C(Cc1ccccc1)NC(=O)c1cccnc1-n1ccc(-c2cccc(C(F)(F)F)c2)n1. The molecule has 204 valence electrons. The first kappa shape index (κ1) is 26.8. The van der Waals surface area contributed by atoms with Crippen molar-refractivity contribution in [1.29, 1.82) is 0 Å². The number of aromatic nitrogens is 3. The zero-order valence-corrected chi connectivity index (χ0v) is 21.1. The van der Waals surface area contributed by atoms with Crippen LogP contribution in [0.15, 0.2) is 85.2 Å². The molecule has 0 spiro atoms. The van der Waals surface area contributed by atoms with Crippen molar-refractivity contribution in [2.45, 2.75) is 37.5 Å². The molecule has 1 saturated carbocycles. The molecule has 0 radical (unpaired) electrons. The van der Waals surface area contributed by atoms with Gasteiger partial charge in [-0.1, -0.05) is 42.5 Å². The van der Waals surface area contributed by atoms with Gasteiger partial charge in [-0.05, 0) is 48.7 Å². The van der Waals surface area contributed by atoms with Crippen LogP contribution in [0.25, 0.3) is 17.1 Å². The minimum Gasteiger partial charge on any atom is -0.347 e. The number of ketones is 1. The van der Waals surface area contributed by atoms with Crippen LogP contribution in [0, 0.1) is 0 Å². The lowest BCUT2D eigenvalue weighted by molar-refractivity contribution is -0.139. The summed E-state index contributed by atoms with van der Waals surface area (Å²) in [7, 11) is 0. The van der Waals surface area contributed by atoms with Crippen LogP contribution in [0.2, 0.25) is 0 Å². The molecule has 2 N–H and O–H groups in total. The van der Waals surface area contributed by atoms with Gasteiger partial charge < -0.3 is 10.6 Å². The van der Waals surface area contributed by atoms with Crippen LogP contribution in [0.5, 0.6) is 0 Å². The molecule has 1 aliphatic carbocycles. The number of carbonyl (C=O) groups is 3. The number of carbonyl (C=O) groups excluding carboxylic acids is 3. The van der Waals surface area contributed by atoms with Crippen LogP contribution >= 0.6 is 0 Å². The van der Waals surface area contributed by atoms with E-state index in [0.717, 1.165) is 30.5 Å². The molecular formula is C29H24F3N5O3. The Labute approximate surface area is 227 Å². The monoisotopic (exact) mass is 547 g/mol. The molecule has 1 aliphatic rings. The molecule has 0 aliphatic heterocycles. The Morgan fingerprint density at radius 2 is 1.75 bits per heavy atom. The summed E-state index contributed by atoms with van der Waals surface area (Å²) in [5.74, 6) is -2.08. The van der Waals surface area contributed by atoms with E-state index in [1.807, 2.05) is 6.07 Å². The van der Waals surface area contributed by atoms with Gasteiger partial charge in [0, 0.05) is 30.4 Å². The Bertz CT molecular complexity index is 1550. The fourth-order valence-corrected chi connectivity index (χ4v) is 4.14.